The van der Waals surface area contributed by atoms with Crippen LogP contribution in [0.15, 0.2) is 42.7 Å². The third-order valence-electron chi connectivity index (χ3n) is 3.72. The number of benzene rings is 1. The van der Waals surface area contributed by atoms with Crippen molar-refractivity contribution in [2.45, 2.75) is 19.8 Å². The number of hydrogen-bond acceptors (Lipinski definition) is 5. The van der Waals surface area contributed by atoms with E-state index in [1.165, 1.54) is 16.8 Å². The van der Waals surface area contributed by atoms with Crippen molar-refractivity contribution in [1.29, 1.82) is 0 Å². The Morgan fingerprint density at radius 2 is 2.04 bits per heavy atom. The standard InChI is InChI=1S/C18H20N4OS/c1-2-14-10-15-17(21-12-22-18(15)24-14)20-11-16(23)19-9-8-13-6-4-3-5-7-13/h3-7,10,12H,2,8-9,11H2,1H3,(H,19,23)(H,20,21,22). The van der Waals surface area contributed by atoms with E-state index in [0.29, 0.717) is 12.4 Å². The Bertz CT molecular complexity index is 816. The molecular weight excluding hydrogens is 320 g/mol. The summed E-state index contributed by atoms with van der Waals surface area (Å²) in [7, 11) is 0. The first-order chi connectivity index (χ1) is 11.8. The van der Waals surface area contributed by atoms with Crippen LogP contribution < -0.4 is 10.6 Å². The van der Waals surface area contributed by atoms with E-state index in [2.05, 4.69) is 45.7 Å². The average molecular weight is 340 g/mol. The molecule has 0 fully saturated rings. The van der Waals surface area contributed by atoms with Crippen molar-refractivity contribution in [3.05, 3.63) is 53.2 Å². The molecule has 5 nitrogen and oxygen atoms in total. The summed E-state index contributed by atoms with van der Waals surface area (Å²) in [6, 6.07) is 12.2. The highest BCUT2D eigenvalue weighted by Crippen LogP contribution is 2.28. The minimum absolute atomic E-state index is 0.0383. The Kier molecular flexibility index (Phi) is 5.38. The minimum atomic E-state index is -0.0383. The van der Waals surface area contributed by atoms with Gasteiger partial charge in [0.2, 0.25) is 5.91 Å². The third-order valence-corrected chi connectivity index (χ3v) is 4.91. The van der Waals surface area contributed by atoms with Crippen molar-refractivity contribution in [1.82, 2.24) is 15.3 Å². The lowest BCUT2D eigenvalue weighted by atomic mass is 10.1. The van der Waals surface area contributed by atoms with Crippen LogP contribution in [0.5, 0.6) is 0 Å². The predicted molar refractivity (Wildman–Crippen MR) is 98.4 cm³/mol. The summed E-state index contributed by atoms with van der Waals surface area (Å²) in [6.07, 6.45) is 3.34. The van der Waals surface area contributed by atoms with E-state index in [1.807, 2.05) is 18.2 Å². The fourth-order valence-corrected chi connectivity index (χ4v) is 3.37. The molecule has 0 saturated carbocycles. The predicted octanol–water partition coefficient (Wildman–Crippen LogP) is 3.02. The summed E-state index contributed by atoms with van der Waals surface area (Å²) in [4.78, 5) is 22.8. The van der Waals surface area contributed by atoms with E-state index in [9.17, 15) is 4.79 Å². The topological polar surface area (TPSA) is 66.9 Å². The highest BCUT2D eigenvalue weighted by Gasteiger charge is 2.09. The maximum absolute atomic E-state index is 12.0. The number of fused-ring (bicyclic) bond motifs is 1. The zero-order valence-electron chi connectivity index (χ0n) is 13.6. The van der Waals surface area contributed by atoms with E-state index in [0.717, 1.165) is 23.1 Å². The minimum Gasteiger partial charge on any atom is -0.360 e. The molecule has 1 amide bonds. The van der Waals surface area contributed by atoms with Crippen LogP contribution >= 0.6 is 11.3 Å². The van der Waals surface area contributed by atoms with E-state index < -0.39 is 0 Å². The van der Waals surface area contributed by atoms with E-state index in [1.54, 1.807) is 11.3 Å². The van der Waals surface area contributed by atoms with Gasteiger partial charge in [0.25, 0.3) is 0 Å². The lowest BCUT2D eigenvalue weighted by Gasteiger charge is -2.08. The number of nitrogens with one attached hydrogen (secondary N) is 2. The molecular formula is C18H20N4OS. The molecule has 0 aliphatic rings. The maximum atomic E-state index is 12.0. The zero-order chi connectivity index (χ0) is 16.8. The van der Waals surface area contributed by atoms with Gasteiger partial charge in [-0.2, -0.15) is 0 Å². The Balaban J connectivity index is 1.52. The molecule has 1 aromatic carbocycles. The highest BCUT2D eigenvalue weighted by atomic mass is 32.1. The molecule has 3 aromatic rings. The molecule has 24 heavy (non-hydrogen) atoms. The van der Waals surface area contributed by atoms with Gasteiger partial charge in [-0.3, -0.25) is 4.79 Å². The summed E-state index contributed by atoms with van der Waals surface area (Å²) in [5, 5.41) is 7.02. The molecule has 124 valence electrons. The van der Waals surface area contributed by atoms with Gasteiger partial charge in [0.05, 0.1) is 11.9 Å². The number of aryl methyl sites for hydroxylation is 1. The van der Waals surface area contributed by atoms with Gasteiger partial charge in [0.1, 0.15) is 17.0 Å². The van der Waals surface area contributed by atoms with Gasteiger partial charge in [0.15, 0.2) is 0 Å². The van der Waals surface area contributed by atoms with E-state index >= 15 is 0 Å². The normalized spacial score (nSPS) is 10.7. The molecule has 0 aliphatic carbocycles. The summed E-state index contributed by atoms with van der Waals surface area (Å²) in [5.41, 5.74) is 1.22. The van der Waals surface area contributed by atoms with Gasteiger partial charge in [-0.15, -0.1) is 11.3 Å². The Morgan fingerprint density at radius 3 is 2.83 bits per heavy atom. The summed E-state index contributed by atoms with van der Waals surface area (Å²) < 4.78 is 0. The summed E-state index contributed by atoms with van der Waals surface area (Å²) in [6.45, 7) is 2.95. The van der Waals surface area contributed by atoms with Crippen molar-refractivity contribution >= 4 is 33.3 Å². The molecule has 6 heteroatoms. The first-order valence-electron chi connectivity index (χ1n) is 8.04. The monoisotopic (exact) mass is 340 g/mol. The first kappa shape index (κ1) is 16.4. The fourth-order valence-electron chi connectivity index (χ4n) is 2.44. The first-order valence-corrected chi connectivity index (χ1v) is 8.86. The summed E-state index contributed by atoms with van der Waals surface area (Å²) >= 11 is 1.67. The van der Waals surface area contributed by atoms with Gasteiger partial charge >= 0.3 is 0 Å². The number of amides is 1. The molecule has 0 atom stereocenters. The summed E-state index contributed by atoms with van der Waals surface area (Å²) in [5.74, 6) is 0.679. The van der Waals surface area contributed by atoms with Crippen LogP contribution in [0.1, 0.15) is 17.4 Å². The number of hydrogen-bond donors (Lipinski definition) is 2. The smallest absolute Gasteiger partial charge is 0.239 e. The zero-order valence-corrected chi connectivity index (χ0v) is 14.4. The molecule has 2 N–H and O–H groups in total. The lowest BCUT2D eigenvalue weighted by molar-refractivity contribution is -0.119. The molecule has 0 bridgehead atoms. The van der Waals surface area contributed by atoms with E-state index in [-0.39, 0.29) is 12.5 Å². The molecule has 0 spiro atoms. The second kappa shape index (κ2) is 7.88. The molecule has 0 radical (unpaired) electrons. The van der Waals surface area contributed by atoms with Crippen LogP contribution in [0.25, 0.3) is 10.2 Å². The van der Waals surface area contributed by atoms with Crippen LogP contribution in [0.4, 0.5) is 5.82 Å². The number of thiophene rings is 1. The van der Waals surface area contributed by atoms with Crippen molar-refractivity contribution < 1.29 is 4.79 Å². The molecule has 3 rings (SSSR count). The average Bonchev–Trinajstić information content (AvgIpc) is 3.05. The quantitative estimate of drug-likeness (QED) is 0.694. The molecule has 2 aromatic heterocycles. The number of carbonyl (C=O) groups is 1. The van der Waals surface area contributed by atoms with Crippen LogP contribution in [-0.2, 0) is 17.6 Å². The van der Waals surface area contributed by atoms with Gasteiger partial charge < -0.3 is 10.6 Å². The van der Waals surface area contributed by atoms with Gasteiger partial charge in [-0.1, -0.05) is 37.3 Å². The Labute approximate surface area is 145 Å². The number of aromatic nitrogens is 2. The second-order valence-corrected chi connectivity index (χ2v) is 6.56. The SMILES string of the molecule is CCc1cc2c(NCC(=O)NCCc3ccccc3)ncnc2s1. The van der Waals surface area contributed by atoms with Gasteiger partial charge in [-0.05, 0) is 24.5 Å². The highest BCUT2D eigenvalue weighted by molar-refractivity contribution is 7.18. The maximum Gasteiger partial charge on any atom is 0.239 e. The van der Waals surface area contributed by atoms with Crippen molar-refractivity contribution in [3.63, 3.8) is 0 Å². The Morgan fingerprint density at radius 1 is 1.21 bits per heavy atom. The second-order valence-electron chi connectivity index (χ2n) is 5.45. The number of rotatable bonds is 7. The van der Waals surface area contributed by atoms with Crippen molar-refractivity contribution in [2.75, 3.05) is 18.4 Å². The van der Waals surface area contributed by atoms with Crippen LogP contribution in [-0.4, -0.2) is 29.0 Å². The third kappa shape index (κ3) is 4.08. The molecule has 0 aliphatic heterocycles. The van der Waals surface area contributed by atoms with Crippen LogP contribution in [0.2, 0.25) is 0 Å². The van der Waals surface area contributed by atoms with Gasteiger partial charge in [-0.25, -0.2) is 9.97 Å². The Hall–Kier alpha value is -2.47. The number of carbonyl (C=O) groups excluding carboxylic acids is 1. The lowest BCUT2D eigenvalue weighted by Crippen LogP contribution is -2.31. The number of anilines is 1. The molecule has 2 heterocycles. The van der Waals surface area contributed by atoms with Crippen molar-refractivity contribution in [2.24, 2.45) is 0 Å². The largest absolute Gasteiger partial charge is 0.360 e. The van der Waals surface area contributed by atoms with E-state index in [4.69, 9.17) is 0 Å². The van der Waals surface area contributed by atoms with Crippen LogP contribution in [0.3, 0.4) is 0 Å². The van der Waals surface area contributed by atoms with Gasteiger partial charge in [0, 0.05) is 11.4 Å². The molecule has 0 saturated heterocycles. The molecule has 0 unspecified atom stereocenters. The fraction of sp³-hybridized carbons (Fsp3) is 0.278. The van der Waals surface area contributed by atoms with Crippen LogP contribution in [0, 0.1) is 0 Å². The van der Waals surface area contributed by atoms with Crippen molar-refractivity contribution in [3.8, 4) is 0 Å². The number of nitrogens with zero attached hydrogens (tertiary/aromatic N) is 2.